The van der Waals surface area contributed by atoms with Crippen molar-refractivity contribution in [3.8, 4) is 5.75 Å². The molecule has 11 heteroatoms. The second kappa shape index (κ2) is 14.7. The van der Waals surface area contributed by atoms with Crippen LogP contribution in [0.25, 0.3) is 10.9 Å². The molecule has 1 aromatic heterocycles. The molecule has 4 aromatic rings. The third-order valence-electron chi connectivity index (χ3n) is 7.23. The molecular weight excluding hydrogens is 650 g/mol. The minimum absolute atomic E-state index is 0.0934. The lowest BCUT2D eigenvalue weighted by Crippen LogP contribution is -2.20. The van der Waals surface area contributed by atoms with Crippen LogP contribution < -0.4 is 10.5 Å². The van der Waals surface area contributed by atoms with Gasteiger partial charge in [-0.05, 0) is 109 Å². The molecule has 2 N–H and O–H groups in total. The number of methoxy groups -OCH3 is 1. The standard InChI is InChI=1S/C33H35BrClN3O6/c1-5-12-37(3)19-23-15-22(16-28(34)31(23)36)33(41)44-14-13-43-30(39)18-26-20(2)38(29-11-10-25(42-4)17-27(26)29)32(40)21-6-8-24(35)9-7-21/h6-11,15-17H,5,12-14,18-19,36H2,1-4H3. The number of aromatic nitrogens is 1. The topological polar surface area (TPSA) is 113 Å². The molecule has 0 aliphatic carbocycles. The van der Waals surface area contributed by atoms with Crippen LogP contribution in [0.15, 0.2) is 59.1 Å². The number of rotatable bonds is 12. The van der Waals surface area contributed by atoms with E-state index >= 15 is 0 Å². The largest absolute Gasteiger partial charge is 0.497 e. The second-order valence-corrected chi connectivity index (χ2v) is 11.7. The summed E-state index contributed by atoms with van der Waals surface area (Å²) in [6, 6.07) is 15.3. The Bertz CT molecular complexity index is 1690. The van der Waals surface area contributed by atoms with Crippen molar-refractivity contribution >= 4 is 62.0 Å². The predicted octanol–water partition coefficient (Wildman–Crippen LogP) is 6.43. The lowest BCUT2D eigenvalue weighted by atomic mass is 10.1. The molecule has 0 aliphatic rings. The van der Waals surface area contributed by atoms with Crippen LogP contribution in [0.2, 0.25) is 5.02 Å². The average Bonchev–Trinajstić information content (AvgIpc) is 3.27. The van der Waals surface area contributed by atoms with Gasteiger partial charge in [0.2, 0.25) is 0 Å². The molecule has 232 valence electrons. The van der Waals surface area contributed by atoms with E-state index in [1.165, 1.54) is 0 Å². The van der Waals surface area contributed by atoms with Crippen molar-refractivity contribution in [3.05, 3.63) is 92.0 Å². The summed E-state index contributed by atoms with van der Waals surface area (Å²) in [7, 11) is 3.54. The van der Waals surface area contributed by atoms with Crippen molar-refractivity contribution in [1.29, 1.82) is 0 Å². The number of nitrogen functional groups attached to an aromatic ring is 1. The number of nitrogens with two attached hydrogens (primary N) is 1. The first kappa shape index (κ1) is 33.0. The molecule has 1 heterocycles. The molecule has 0 spiro atoms. The zero-order chi connectivity index (χ0) is 32.0. The van der Waals surface area contributed by atoms with Gasteiger partial charge in [0, 0.05) is 32.7 Å². The molecule has 0 unspecified atom stereocenters. The summed E-state index contributed by atoms with van der Waals surface area (Å²) in [5, 5.41) is 1.22. The third-order valence-corrected chi connectivity index (χ3v) is 8.14. The van der Waals surface area contributed by atoms with Crippen LogP contribution in [0.1, 0.15) is 50.9 Å². The van der Waals surface area contributed by atoms with Gasteiger partial charge < -0.3 is 24.8 Å². The normalized spacial score (nSPS) is 11.2. The zero-order valence-corrected chi connectivity index (χ0v) is 27.5. The molecule has 0 atom stereocenters. The highest BCUT2D eigenvalue weighted by Crippen LogP contribution is 2.31. The van der Waals surface area contributed by atoms with E-state index in [4.69, 9.17) is 31.5 Å². The van der Waals surface area contributed by atoms with Crippen LogP contribution in [0.3, 0.4) is 0 Å². The number of hydrogen-bond donors (Lipinski definition) is 1. The Morgan fingerprint density at radius 2 is 1.70 bits per heavy atom. The van der Waals surface area contributed by atoms with Gasteiger partial charge in [0.05, 0.1) is 30.3 Å². The van der Waals surface area contributed by atoms with Crippen molar-refractivity contribution in [1.82, 2.24) is 9.47 Å². The SMILES string of the molecule is CCCN(C)Cc1cc(C(=O)OCCOC(=O)Cc2c(C)n(C(=O)c3ccc(Cl)cc3)c3ccc(OC)cc23)cc(Br)c1N. The Kier molecular flexibility index (Phi) is 11.1. The monoisotopic (exact) mass is 683 g/mol. The highest BCUT2D eigenvalue weighted by Gasteiger charge is 2.23. The van der Waals surface area contributed by atoms with E-state index in [1.54, 1.807) is 73.2 Å². The fourth-order valence-corrected chi connectivity index (χ4v) is 5.67. The van der Waals surface area contributed by atoms with Crippen LogP contribution in [0, 0.1) is 6.92 Å². The van der Waals surface area contributed by atoms with Gasteiger partial charge in [-0.15, -0.1) is 0 Å². The van der Waals surface area contributed by atoms with Gasteiger partial charge in [-0.25, -0.2) is 4.79 Å². The Labute approximate surface area is 269 Å². The van der Waals surface area contributed by atoms with E-state index in [-0.39, 0.29) is 25.5 Å². The van der Waals surface area contributed by atoms with E-state index in [2.05, 4.69) is 27.8 Å². The van der Waals surface area contributed by atoms with Crippen LogP contribution in [-0.2, 0) is 27.2 Å². The summed E-state index contributed by atoms with van der Waals surface area (Å²) in [5.74, 6) is -0.741. The Morgan fingerprint density at radius 1 is 1.00 bits per heavy atom. The summed E-state index contributed by atoms with van der Waals surface area (Å²) in [6.45, 7) is 5.10. The lowest BCUT2D eigenvalue weighted by Gasteiger charge is -2.18. The molecule has 0 bridgehead atoms. The van der Waals surface area contributed by atoms with Gasteiger partial charge in [-0.3, -0.25) is 14.2 Å². The summed E-state index contributed by atoms with van der Waals surface area (Å²) >= 11 is 9.44. The van der Waals surface area contributed by atoms with Crippen molar-refractivity contribution in [2.75, 3.05) is 39.6 Å². The molecule has 0 radical (unpaired) electrons. The number of benzene rings is 3. The van der Waals surface area contributed by atoms with E-state index in [1.807, 2.05) is 7.05 Å². The Balaban J connectivity index is 1.43. The number of anilines is 1. The molecule has 44 heavy (non-hydrogen) atoms. The first-order valence-corrected chi connectivity index (χ1v) is 15.3. The minimum atomic E-state index is -0.548. The molecule has 0 fully saturated rings. The number of esters is 2. The van der Waals surface area contributed by atoms with E-state index in [9.17, 15) is 14.4 Å². The molecule has 0 saturated heterocycles. The Hall–Kier alpha value is -3.86. The van der Waals surface area contributed by atoms with Gasteiger partial charge in [0.25, 0.3) is 5.91 Å². The molecule has 0 aliphatic heterocycles. The Morgan fingerprint density at radius 3 is 2.39 bits per heavy atom. The predicted molar refractivity (Wildman–Crippen MR) is 175 cm³/mol. The number of fused-ring (bicyclic) bond motifs is 1. The van der Waals surface area contributed by atoms with Crippen molar-refractivity contribution in [2.24, 2.45) is 0 Å². The fourth-order valence-electron chi connectivity index (χ4n) is 5.04. The zero-order valence-electron chi connectivity index (χ0n) is 25.1. The maximum absolute atomic E-state index is 13.5. The number of ether oxygens (including phenoxy) is 3. The van der Waals surface area contributed by atoms with Crippen molar-refractivity contribution in [3.63, 3.8) is 0 Å². The molecule has 0 amide bonds. The lowest BCUT2D eigenvalue weighted by molar-refractivity contribution is -0.143. The number of carbonyl (C=O) groups excluding carboxylic acids is 3. The maximum atomic E-state index is 13.5. The van der Waals surface area contributed by atoms with Crippen molar-refractivity contribution < 1.29 is 28.6 Å². The van der Waals surface area contributed by atoms with Gasteiger partial charge in [-0.1, -0.05) is 18.5 Å². The summed E-state index contributed by atoms with van der Waals surface area (Å²) in [6.07, 6.45) is 0.902. The third kappa shape index (κ3) is 7.61. The van der Waals surface area contributed by atoms with Crippen LogP contribution >= 0.6 is 27.5 Å². The summed E-state index contributed by atoms with van der Waals surface area (Å²) < 4.78 is 18.4. The van der Waals surface area contributed by atoms with Crippen molar-refractivity contribution in [2.45, 2.75) is 33.2 Å². The van der Waals surface area contributed by atoms with E-state index < -0.39 is 11.9 Å². The van der Waals surface area contributed by atoms with E-state index in [0.717, 1.165) is 18.5 Å². The van der Waals surface area contributed by atoms with Crippen LogP contribution in [0.4, 0.5) is 5.69 Å². The smallest absolute Gasteiger partial charge is 0.338 e. The van der Waals surface area contributed by atoms with Gasteiger partial charge >= 0.3 is 11.9 Å². The first-order chi connectivity index (χ1) is 21.0. The number of hydrogen-bond acceptors (Lipinski definition) is 8. The maximum Gasteiger partial charge on any atom is 0.338 e. The first-order valence-electron chi connectivity index (χ1n) is 14.1. The van der Waals surface area contributed by atoms with Gasteiger partial charge in [0.1, 0.15) is 19.0 Å². The van der Waals surface area contributed by atoms with E-state index in [0.29, 0.717) is 60.8 Å². The number of halogens is 2. The number of nitrogens with zero attached hydrogens (tertiary/aromatic N) is 2. The molecular formula is C33H35BrClN3O6. The summed E-state index contributed by atoms with van der Waals surface area (Å²) in [4.78, 5) is 41.3. The number of carbonyl (C=O) groups is 3. The molecule has 3 aromatic carbocycles. The van der Waals surface area contributed by atoms with Gasteiger partial charge in [-0.2, -0.15) is 0 Å². The second-order valence-electron chi connectivity index (χ2n) is 10.4. The highest BCUT2D eigenvalue weighted by atomic mass is 79.9. The quantitative estimate of drug-likeness (QED) is 0.103. The molecule has 4 rings (SSSR count). The van der Waals surface area contributed by atoms with Gasteiger partial charge in [0.15, 0.2) is 0 Å². The highest BCUT2D eigenvalue weighted by molar-refractivity contribution is 9.10. The average molecular weight is 685 g/mol. The molecule has 0 saturated carbocycles. The van der Waals surface area contributed by atoms with Crippen LogP contribution in [0.5, 0.6) is 5.75 Å². The molecule has 9 nitrogen and oxygen atoms in total. The fraction of sp³-hybridized carbons (Fsp3) is 0.303. The minimum Gasteiger partial charge on any atom is -0.497 e. The van der Waals surface area contributed by atoms with Crippen LogP contribution in [-0.4, -0.2) is 61.2 Å². The summed E-state index contributed by atoms with van der Waals surface area (Å²) in [5.41, 5.74) is 10.3.